The van der Waals surface area contributed by atoms with E-state index >= 15 is 0 Å². The van der Waals surface area contributed by atoms with Crippen LogP contribution < -0.4 is 0 Å². The van der Waals surface area contributed by atoms with Crippen LogP contribution in [-0.2, 0) is 16.0 Å². The van der Waals surface area contributed by atoms with Gasteiger partial charge in [-0.15, -0.1) is 11.3 Å². The molecule has 1 aromatic rings. The minimum absolute atomic E-state index is 0.136. The van der Waals surface area contributed by atoms with E-state index in [2.05, 4.69) is 11.9 Å². The molecule has 0 aromatic carbocycles. The fraction of sp³-hybridized carbons (Fsp3) is 0.667. The Kier molecular flexibility index (Phi) is 5.89. The molecule has 2 saturated heterocycles. The highest BCUT2D eigenvalue weighted by Crippen LogP contribution is 2.19. The smallest absolute Gasteiger partial charge is 0.227 e. The molecule has 0 aliphatic carbocycles. The zero-order valence-electron chi connectivity index (χ0n) is 14.4. The summed E-state index contributed by atoms with van der Waals surface area (Å²) in [6.07, 6.45) is 3.47. The number of nitrogens with zero attached hydrogens (tertiary/aromatic N) is 3. The number of thiophene rings is 1. The van der Waals surface area contributed by atoms with Crippen molar-refractivity contribution in [1.82, 2.24) is 14.7 Å². The van der Waals surface area contributed by atoms with Crippen LogP contribution in [0.2, 0.25) is 0 Å². The SMILES string of the molecule is CN1CCCC(C(=O)N2CCCN(C(=O)Cc3cccs3)CC2)C1. The molecule has 0 N–H and O–H groups in total. The average molecular weight is 350 g/mol. The van der Waals surface area contributed by atoms with E-state index in [1.54, 1.807) is 11.3 Å². The summed E-state index contributed by atoms with van der Waals surface area (Å²) in [6.45, 7) is 4.85. The lowest BCUT2D eigenvalue weighted by Gasteiger charge is -2.32. The zero-order valence-corrected chi connectivity index (χ0v) is 15.3. The Morgan fingerprint density at radius 2 is 1.92 bits per heavy atom. The van der Waals surface area contributed by atoms with Crippen LogP contribution in [-0.4, -0.2) is 72.8 Å². The van der Waals surface area contributed by atoms with Crippen molar-refractivity contribution in [1.29, 1.82) is 0 Å². The summed E-state index contributed by atoms with van der Waals surface area (Å²) >= 11 is 1.63. The molecule has 1 unspecified atom stereocenters. The highest BCUT2D eigenvalue weighted by atomic mass is 32.1. The molecule has 1 aromatic heterocycles. The Bertz CT molecular complexity index is 561. The van der Waals surface area contributed by atoms with Gasteiger partial charge >= 0.3 is 0 Å². The maximum atomic E-state index is 12.8. The lowest BCUT2D eigenvalue weighted by Crippen LogP contribution is -2.45. The second kappa shape index (κ2) is 8.12. The number of likely N-dealkylation sites (tertiary alicyclic amines) is 1. The quantitative estimate of drug-likeness (QED) is 0.834. The third kappa shape index (κ3) is 4.36. The van der Waals surface area contributed by atoms with Crippen LogP contribution in [0.1, 0.15) is 24.1 Å². The number of amides is 2. The van der Waals surface area contributed by atoms with Gasteiger partial charge in [-0.3, -0.25) is 9.59 Å². The van der Waals surface area contributed by atoms with Gasteiger partial charge in [0.25, 0.3) is 0 Å². The third-order valence-corrected chi connectivity index (χ3v) is 5.92. The topological polar surface area (TPSA) is 43.9 Å². The Hall–Kier alpha value is -1.40. The number of hydrogen-bond acceptors (Lipinski definition) is 4. The zero-order chi connectivity index (χ0) is 16.9. The van der Waals surface area contributed by atoms with Crippen LogP contribution in [0, 0.1) is 5.92 Å². The first kappa shape index (κ1) is 17.4. The molecule has 5 nitrogen and oxygen atoms in total. The van der Waals surface area contributed by atoms with Crippen LogP contribution in [0.3, 0.4) is 0 Å². The number of rotatable bonds is 3. The van der Waals surface area contributed by atoms with Gasteiger partial charge in [0.2, 0.25) is 11.8 Å². The standard InChI is InChI=1S/C18H27N3O2S/c1-19-7-2-5-15(14-19)18(23)21-9-4-8-20(10-11-21)17(22)13-16-6-3-12-24-16/h3,6,12,15H,2,4-5,7-11,13-14H2,1H3. The largest absolute Gasteiger partial charge is 0.341 e. The van der Waals surface area contributed by atoms with Gasteiger partial charge in [0.05, 0.1) is 12.3 Å². The molecule has 2 aliphatic heterocycles. The summed E-state index contributed by atoms with van der Waals surface area (Å²) in [5.41, 5.74) is 0. The van der Waals surface area contributed by atoms with Crippen LogP contribution >= 0.6 is 11.3 Å². The van der Waals surface area contributed by atoms with Gasteiger partial charge in [0.15, 0.2) is 0 Å². The second-order valence-corrected chi connectivity index (χ2v) is 7.95. The van der Waals surface area contributed by atoms with Gasteiger partial charge in [0, 0.05) is 37.6 Å². The molecule has 6 heteroatoms. The van der Waals surface area contributed by atoms with Gasteiger partial charge < -0.3 is 14.7 Å². The van der Waals surface area contributed by atoms with Crippen molar-refractivity contribution in [2.24, 2.45) is 5.92 Å². The van der Waals surface area contributed by atoms with Gasteiger partial charge in [-0.1, -0.05) is 6.07 Å². The first-order valence-electron chi connectivity index (χ1n) is 8.91. The molecule has 3 heterocycles. The monoisotopic (exact) mass is 349 g/mol. The van der Waals surface area contributed by atoms with E-state index in [0.29, 0.717) is 19.5 Å². The molecule has 1 atom stereocenters. The van der Waals surface area contributed by atoms with Gasteiger partial charge in [-0.2, -0.15) is 0 Å². The Morgan fingerprint density at radius 3 is 2.67 bits per heavy atom. The molecule has 0 bridgehead atoms. The fourth-order valence-electron chi connectivity index (χ4n) is 3.69. The Morgan fingerprint density at radius 1 is 1.12 bits per heavy atom. The Labute approximate surface area is 148 Å². The molecule has 2 aliphatic rings. The van der Waals surface area contributed by atoms with Crippen molar-refractivity contribution in [2.45, 2.75) is 25.7 Å². The predicted octanol–water partition coefficient (Wildman–Crippen LogP) is 1.69. The van der Waals surface area contributed by atoms with E-state index in [0.717, 1.165) is 50.3 Å². The number of carbonyl (C=O) groups is 2. The number of piperidine rings is 1. The Balaban J connectivity index is 1.52. The second-order valence-electron chi connectivity index (χ2n) is 6.92. The molecule has 132 valence electrons. The van der Waals surface area contributed by atoms with E-state index in [1.165, 1.54) is 0 Å². The first-order chi connectivity index (χ1) is 11.6. The lowest BCUT2D eigenvalue weighted by molar-refractivity contribution is -0.137. The third-order valence-electron chi connectivity index (χ3n) is 5.04. The molecule has 2 fully saturated rings. The predicted molar refractivity (Wildman–Crippen MR) is 96.0 cm³/mol. The molecule has 0 spiro atoms. The van der Waals surface area contributed by atoms with Crippen LogP contribution in [0.5, 0.6) is 0 Å². The average Bonchev–Trinajstić information content (AvgIpc) is 2.95. The van der Waals surface area contributed by atoms with Crippen molar-refractivity contribution in [2.75, 3.05) is 46.3 Å². The van der Waals surface area contributed by atoms with Crippen LogP contribution in [0.25, 0.3) is 0 Å². The van der Waals surface area contributed by atoms with Gasteiger partial charge in [0.1, 0.15) is 0 Å². The maximum Gasteiger partial charge on any atom is 0.227 e. The van der Waals surface area contributed by atoms with Crippen LogP contribution in [0.15, 0.2) is 17.5 Å². The van der Waals surface area contributed by atoms with Gasteiger partial charge in [-0.25, -0.2) is 0 Å². The van der Waals surface area contributed by atoms with Crippen LogP contribution in [0.4, 0.5) is 0 Å². The van der Waals surface area contributed by atoms with Gasteiger partial charge in [-0.05, 0) is 44.3 Å². The molecule has 0 saturated carbocycles. The minimum Gasteiger partial charge on any atom is -0.341 e. The van der Waals surface area contributed by atoms with Crippen molar-refractivity contribution < 1.29 is 9.59 Å². The number of carbonyl (C=O) groups excluding carboxylic acids is 2. The summed E-state index contributed by atoms with van der Waals surface area (Å²) in [4.78, 5) is 32.5. The first-order valence-corrected chi connectivity index (χ1v) is 9.79. The van der Waals surface area contributed by atoms with E-state index in [4.69, 9.17) is 0 Å². The van der Waals surface area contributed by atoms with E-state index < -0.39 is 0 Å². The summed E-state index contributed by atoms with van der Waals surface area (Å²) in [5, 5.41) is 2.01. The summed E-state index contributed by atoms with van der Waals surface area (Å²) in [5.74, 6) is 0.607. The van der Waals surface area contributed by atoms with E-state index in [9.17, 15) is 9.59 Å². The van der Waals surface area contributed by atoms with E-state index in [-0.39, 0.29) is 17.7 Å². The van der Waals surface area contributed by atoms with Crippen molar-refractivity contribution >= 4 is 23.2 Å². The summed E-state index contributed by atoms with van der Waals surface area (Å²) < 4.78 is 0. The summed E-state index contributed by atoms with van der Waals surface area (Å²) in [7, 11) is 2.09. The normalized spacial score (nSPS) is 23.1. The lowest BCUT2D eigenvalue weighted by atomic mass is 9.97. The highest BCUT2D eigenvalue weighted by Gasteiger charge is 2.29. The molecular formula is C18H27N3O2S. The summed E-state index contributed by atoms with van der Waals surface area (Å²) in [6, 6.07) is 3.99. The molecule has 3 rings (SSSR count). The van der Waals surface area contributed by atoms with Crippen molar-refractivity contribution in [3.63, 3.8) is 0 Å². The van der Waals surface area contributed by atoms with Crippen molar-refractivity contribution in [3.8, 4) is 0 Å². The maximum absolute atomic E-state index is 12.8. The highest BCUT2D eigenvalue weighted by molar-refractivity contribution is 7.10. The minimum atomic E-state index is 0.136. The fourth-order valence-corrected chi connectivity index (χ4v) is 4.38. The van der Waals surface area contributed by atoms with Crippen molar-refractivity contribution in [3.05, 3.63) is 22.4 Å². The molecule has 0 radical (unpaired) electrons. The molecule has 2 amide bonds. The van der Waals surface area contributed by atoms with E-state index in [1.807, 2.05) is 27.3 Å². The molecular weight excluding hydrogens is 322 g/mol. The number of hydrogen-bond donors (Lipinski definition) is 0. The molecule has 24 heavy (non-hydrogen) atoms.